The molecule has 0 saturated carbocycles. The number of ketones is 1. The molecule has 0 amide bonds. The van der Waals surface area contributed by atoms with Gasteiger partial charge in [0.1, 0.15) is 0 Å². The van der Waals surface area contributed by atoms with E-state index in [1.807, 2.05) is 18.2 Å². The Kier molecular flexibility index (Phi) is 10.5. The second-order valence-electron chi connectivity index (χ2n) is 9.48. The number of carboxylic acid groups (broad SMARTS) is 2. The van der Waals surface area contributed by atoms with Crippen molar-refractivity contribution in [2.75, 3.05) is 0 Å². The van der Waals surface area contributed by atoms with Gasteiger partial charge in [0.2, 0.25) is 11.9 Å². The molecule has 0 aliphatic rings. The third kappa shape index (κ3) is 7.14. The first-order valence-corrected chi connectivity index (χ1v) is 12.9. The molecule has 0 unspecified atom stereocenters. The Balaban J connectivity index is 0.000000258. The van der Waals surface area contributed by atoms with Gasteiger partial charge in [-0.2, -0.15) is 0 Å². The highest BCUT2D eigenvalue weighted by Gasteiger charge is 2.59. The van der Waals surface area contributed by atoms with Crippen LogP contribution in [0.25, 0.3) is 0 Å². The predicted octanol–water partition coefficient (Wildman–Crippen LogP) is 4.35. The number of carbonyl (C=O) groups is 4. The molecule has 42 heavy (non-hydrogen) atoms. The summed E-state index contributed by atoms with van der Waals surface area (Å²) >= 11 is 0. The number of hydrogen-bond donors (Lipinski definition) is 4. The number of aliphatic hydroxyl groups is 1. The number of carboxylic acids is 2. The van der Waals surface area contributed by atoms with Gasteiger partial charge in [-0.15, -0.1) is 0 Å². The monoisotopic (exact) mass is 569 g/mol. The van der Waals surface area contributed by atoms with Gasteiger partial charge in [-0.3, -0.25) is 4.79 Å². The SMILES string of the molecule is Cc1ccc([C@@H](N)c2ccccc2)c(C)c1.O=C(O[C@@](C(=O)O)(C(=O)c1ccccc1)[C@H](O)C(=O)O)c1ccccc1. The van der Waals surface area contributed by atoms with Crippen LogP contribution >= 0.6 is 0 Å². The molecule has 9 nitrogen and oxygen atoms in total. The normalized spacial score (nSPS) is 13.3. The molecule has 9 heteroatoms. The fraction of sp³-hybridized carbons (Fsp3) is 0.152. The topological polar surface area (TPSA) is 164 Å². The number of ether oxygens (including phenoxy) is 1. The zero-order valence-electron chi connectivity index (χ0n) is 23.0. The van der Waals surface area contributed by atoms with Crippen molar-refractivity contribution in [3.05, 3.63) is 143 Å². The van der Waals surface area contributed by atoms with E-state index in [9.17, 15) is 29.4 Å². The van der Waals surface area contributed by atoms with E-state index in [1.54, 1.807) is 12.1 Å². The summed E-state index contributed by atoms with van der Waals surface area (Å²) in [6.45, 7) is 4.22. The van der Waals surface area contributed by atoms with Crippen LogP contribution in [0, 0.1) is 13.8 Å². The van der Waals surface area contributed by atoms with E-state index < -0.39 is 35.4 Å². The van der Waals surface area contributed by atoms with Crippen LogP contribution in [-0.2, 0) is 14.3 Å². The van der Waals surface area contributed by atoms with E-state index in [1.165, 1.54) is 65.2 Å². The van der Waals surface area contributed by atoms with E-state index in [0.29, 0.717) is 0 Å². The molecule has 4 aromatic carbocycles. The van der Waals surface area contributed by atoms with E-state index in [-0.39, 0.29) is 17.2 Å². The maximum absolute atomic E-state index is 12.7. The van der Waals surface area contributed by atoms with Crippen LogP contribution in [0.15, 0.2) is 109 Å². The van der Waals surface area contributed by atoms with Gasteiger partial charge in [0.05, 0.1) is 11.6 Å². The van der Waals surface area contributed by atoms with Gasteiger partial charge in [-0.1, -0.05) is 103 Å². The van der Waals surface area contributed by atoms with E-state index in [4.69, 9.17) is 15.6 Å². The highest BCUT2D eigenvalue weighted by molar-refractivity contribution is 6.19. The van der Waals surface area contributed by atoms with E-state index in [0.717, 1.165) is 5.56 Å². The zero-order chi connectivity index (χ0) is 30.9. The first-order chi connectivity index (χ1) is 20.0. The average molecular weight is 570 g/mol. The van der Waals surface area contributed by atoms with Crippen molar-refractivity contribution in [3.63, 3.8) is 0 Å². The molecule has 0 bridgehead atoms. The summed E-state index contributed by atoms with van der Waals surface area (Å²) in [6.07, 6.45) is -2.82. The Morgan fingerprint density at radius 2 is 1.24 bits per heavy atom. The summed E-state index contributed by atoms with van der Waals surface area (Å²) in [6, 6.07) is 30.5. The maximum Gasteiger partial charge on any atom is 0.360 e. The smallest absolute Gasteiger partial charge is 0.360 e. The number of nitrogens with two attached hydrogens (primary N) is 1. The molecule has 0 aliphatic carbocycles. The van der Waals surface area contributed by atoms with Crippen molar-refractivity contribution < 1.29 is 39.2 Å². The molecule has 0 spiro atoms. The second kappa shape index (κ2) is 14.0. The Morgan fingerprint density at radius 3 is 1.71 bits per heavy atom. The van der Waals surface area contributed by atoms with Crippen LogP contribution in [0.3, 0.4) is 0 Å². The summed E-state index contributed by atoms with van der Waals surface area (Å²) in [5, 5.41) is 28.6. The number of esters is 1. The lowest BCUT2D eigenvalue weighted by Crippen LogP contribution is -2.61. The summed E-state index contributed by atoms with van der Waals surface area (Å²) in [4.78, 5) is 48.1. The third-order valence-electron chi connectivity index (χ3n) is 6.49. The molecule has 0 radical (unpaired) electrons. The summed E-state index contributed by atoms with van der Waals surface area (Å²) in [5.41, 5.74) is 7.47. The zero-order valence-corrected chi connectivity index (χ0v) is 23.0. The lowest BCUT2D eigenvalue weighted by atomic mass is 9.87. The van der Waals surface area contributed by atoms with Crippen LogP contribution in [0.2, 0.25) is 0 Å². The lowest BCUT2D eigenvalue weighted by molar-refractivity contribution is -0.176. The standard InChI is InChI=1S/C18H14O8.C15H17N/c19-13(11-7-3-1-4-8-11)18(17(24)25,14(20)15(21)22)26-16(23)12-9-5-2-6-10-12;1-11-8-9-14(12(2)10-11)15(16)13-6-4-3-5-7-13/h1-10,14,20H,(H,21,22)(H,24,25);3-10,15H,16H2,1-2H3/t14-,18+;15-/m10/s1. The highest BCUT2D eigenvalue weighted by atomic mass is 16.6. The number of aryl methyl sites for hydroxylation is 2. The van der Waals surface area contributed by atoms with Gasteiger partial charge in [0.15, 0.2) is 0 Å². The molecule has 0 fully saturated rings. The van der Waals surface area contributed by atoms with Gasteiger partial charge >= 0.3 is 23.5 Å². The van der Waals surface area contributed by atoms with Crippen LogP contribution in [-0.4, -0.2) is 50.7 Å². The molecule has 4 rings (SSSR count). The molecule has 5 N–H and O–H groups in total. The summed E-state index contributed by atoms with van der Waals surface area (Å²) in [5.74, 6) is -6.77. The maximum atomic E-state index is 12.7. The first kappa shape index (κ1) is 31.4. The molecule has 0 heterocycles. The molecular weight excluding hydrogens is 538 g/mol. The van der Waals surface area contributed by atoms with Crippen LogP contribution < -0.4 is 5.73 Å². The van der Waals surface area contributed by atoms with Gasteiger partial charge < -0.3 is 25.8 Å². The number of benzene rings is 4. The largest absolute Gasteiger partial charge is 0.479 e. The Bertz CT molecular complexity index is 1540. The average Bonchev–Trinajstić information content (AvgIpc) is 3.00. The van der Waals surface area contributed by atoms with Gasteiger partial charge in [-0.25, -0.2) is 14.4 Å². The fourth-order valence-electron chi connectivity index (χ4n) is 4.26. The Morgan fingerprint density at radius 1 is 0.738 bits per heavy atom. The number of aliphatic hydroxyl groups excluding tert-OH is 1. The minimum Gasteiger partial charge on any atom is -0.479 e. The van der Waals surface area contributed by atoms with Crippen molar-refractivity contribution in [1.29, 1.82) is 0 Å². The van der Waals surface area contributed by atoms with Crippen LogP contribution in [0.5, 0.6) is 0 Å². The predicted molar refractivity (Wildman–Crippen MR) is 155 cm³/mol. The molecule has 4 aromatic rings. The first-order valence-electron chi connectivity index (χ1n) is 12.9. The number of carbonyl (C=O) groups excluding carboxylic acids is 2. The third-order valence-corrected chi connectivity index (χ3v) is 6.49. The van der Waals surface area contributed by atoms with Gasteiger partial charge in [-0.05, 0) is 42.7 Å². The number of hydrogen-bond acceptors (Lipinski definition) is 7. The Hall–Kier alpha value is -5.12. The highest BCUT2D eigenvalue weighted by Crippen LogP contribution is 2.26. The summed E-state index contributed by atoms with van der Waals surface area (Å²) in [7, 11) is 0. The van der Waals surface area contributed by atoms with Crippen LogP contribution in [0.1, 0.15) is 49.0 Å². The van der Waals surface area contributed by atoms with E-state index in [2.05, 4.69) is 44.2 Å². The quantitative estimate of drug-likeness (QED) is 0.130. The molecule has 3 atom stereocenters. The second-order valence-corrected chi connectivity index (χ2v) is 9.48. The molecule has 216 valence electrons. The molecule has 0 saturated heterocycles. The number of rotatable bonds is 9. The number of Topliss-reactive ketones (excluding diaryl/α,β-unsaturated/α-hetero) is 1. The van der Waals surface area contributed by atoms with Crippen molar-refractivity contribution in [2.45, 2.75) is 31.6 Å². The minimum absolute atomic E-state index is 0.0261. The van der Waals surface area contributed by atoms with Crippen molar-refractivity contribution in [1.82, 2.24) is 0 Å². The van der Waals surface area contributed by atoms with Crippen molar-refractivity contribution >= 4 is 23.7 Å². The van der Waals surface area contributed by atoms with Gasteiger partial charge in [0, 0.05) is 5.56 Å². The molecule has 0 aliphatic heterocycles. The van der Waals surface area contributed by atoms with E-state index >= 15 is 0 Å². The minimum atomic E-state index is -3.35. The van der Waals surface area contributed by atoms with Gasteiger partial charge in [0.25, 0.3) is 0 Å². The molecular formula is C33H31NO8. The molecule has 0 aromatic heterocycles. The summed E-state index contributed by atoms with van der Waals surface area (Å²) < 4.78 is 4.81. The van der Waals surface area contributed by atoms with Crippen molar-refractivity contribution in [3.8, 4) is 0 Å². The fourth-order valence-corrected chi connectivity index (χ4v) is 4.26. The Labute approximate surface area is 242 Å². The van der Waals surface area contributed by atoms with Crippen molar-refractivity contribution in [2.24, 2.45) is 5.73 Å². The lowest BCUT2D eigenvalue weighted by Gasteiger charge is -2.30. The number of aliphatic carboxylic acids is 2. The van der Waals surface area contributed by atoms with Crippen LogP contribution in [0.4, 0.5) is 0 Å².